The number of nitrogens with zero attached hydrogens (tertiary/aromatic N) is 2. The van der Waals surface area contributed by atoms with Gasteiger partial charge in [-0.1, -0.05) is 0 Å². The standard InChI is InChI=1S/C14H17N3OS/c1-17(14-4-2-13(15)3-5-14)19-18-11-8-12-6-9-16-10-7-12/h2-7,9-10H,8,11,15H2,1H3. The van der Waals surface area contributed by atoms with Gasteiger partial charge in [0.2, 0.25) is 0 Å². The maximum Gasteiger partial charge on any atom is 0.114 e. The van der Waals surface area contributed by atoms with Crippen LogP contribution in [-0.2, 0) is 10.6 Å². The highest BCUT2D eigenvalue weighted by Crippen LogP contribution is 2.22. The van der Waals surface area contributed by atoms with E-state index in [-0.39, 0.29) is 0 Å². The Balaban J connectivity index is 1.72. The largest absolute Gasteiger partial charge is 0.399 e. The molecular formula is C14H17N3OS. The summed E-state index contributed by atoms with van der Waals surface area (Å²) in [5.74, 6) is 0. The number of aromatic nitrogens is 1. The molecule has 0 bridgehead atoms. The molecule has 1 aromatic carbocycles. The van der Waals surface area contributed by atoms with Gasteiger partial charge in [0.25, 0.3) is 0 Å². The van der Waals surface area contributed by atoms with Gasteiger partial charge in [-0.05, 0) is 48.4 Å². The van der Waals surface area contributed by atoms with E-state index in [1.165, 1.54) is 17.8 Å². The molecular weight excluding hydrogens is 258 g/mol. The average Bonchev–Trinajstić information content (AvgIpc) is 2.45. The third-order valence-corrected chi connectivity index (χ3v) is 3.35. The Labute approximate surface area is 117 Å². The van der Waals surface area contributed by atoms with Gasteiger partial charge < -0.3 is 5.73 Å². The van der Waals surface area contributed by atoms with Gasteiger partial charge in [0.05, 0.1) is 6.61 Å². The van der Waals surface area contributed by atoms with E-state index < -0.39 is 0 Å². The molecule has 5 heteroatoms. The lowest BCUT2D eigenvalue weighted by molar-refractivity contribution is 0.378. The molecule has 0 amide bonds. The first kappa shape index (κ1) is 13.7. The van der Waals surface area contributed by atoms with Crippen LogP contribution in [0.25, 0.3) is 0 Å². The molecule has 0 spiro atoms. The Kier molecular flexibility index (Phi) is 5.06. The highest BCUT2D eigenvalue weighted by atomic mass is 32.2. The predicted molar refractivity (Wildman–Crippen MR) is 80.7 cm³/mol. The topological polar surface area (TPSA) is 51.4 Å². The van der Waals surface area contributed by atoms with Crippen molar-refractivity contribution >= 4 is 23.6 Å². The average molecular weight is 275 g/mol. The monoisotopic (exact) mass is 275 g/mol. The van der Waals surface area contributed by atoms with Gasteiger partial charge in [-0.15, -0.1) is 0 Å². The molecule has 19 heavy (non-hydrogen) atoms. The summed E-state index contributed by atoms with van der Waals surface area (Å²) < 4.78 is 7.54. The van der Waals surface area contributed by atoms with Crippen molar-refractivity contribution in [2.75, 3.05) is 23.7 Å². The van der Waals surface area contributed by atoms with E-state index >= 15 is 0 Å². The first-order valence-corrected chi connectivity index (χ1v) is 6.73. The minimum Gasteiger partial charge on any atom is -0.399 e. The summed E-state index contributed by atoms with van der Waals surface area (Å²) in [4.78, 5) is 3.98. The van der Waals surface area contributed by atoms with Crippen LogP contribution in [0.1, 0.15) is 5.56 Å². The SMILES string of the molecule is CN(SOCCc1ccncc1)c1ccc(N)cc1. The molecule has 0 saturated heterocycles. The molecule has 100 valence electrons. The van der Waals surface area contributed by atoms with Gasteiger partial charge in [0.15, 0.2) is 0 Å². The molecule has 0 fully saturated rings. The molecule has 2 N–H and O–H groups in total. The number of anilines is 2. The Bertz CT molecular complexity index is 490. The molecule has 0 unspecified atom stereocenters. The quantitative estimate of drug-likeness (QED) is 0.380. The zero-order valence-electron chi connectivity index (χ0n) is 10.8. The first-order chi connectivity index (χ1) is 9.25. The van der Waals surface area contributed by atoms with Crippen molar-refractivity contribution in [2.45, 2.75) is 6.42 Å². The lowest BCUT2D eigenvalue weighted by Crippen LogP contribution is -2.08. The first-order valence-electron chi connectivity index (χ1n) is 6.03. The van der Waals surface area contributed by atoms with E-state index in [0.29, 0.717) is 6.61 Å². The summed E-state index contributed by atoms with van der Waals surface area (Å²) in [6.45, 7) is 0.661. The third-order valence-electron chi connectivity index (χ3n) is 2.64. The second-order valence-electron chi connectivity index (χ2n) is 4.09. The van der Waals surface area contributed by atoms with Crippen molar-refractivity contribution in [1.29, 1.82) is 0 Å². The molecule has 0 atom stereocenters. The summed E-state index contributed by atoms with van der Waals surface area (Å²) in [6, 6.07) is 11.7. The van der Waals surface area contributed by atoms with Crippen LogP contribution in [0.5, 0.6) is 0 Å². The molecule has 2 aromatic rings. The molecule has 2 rings (SSSR count). The van der Waals surface area contributed by atoms with Gasteiger partial charge in [-0.2, -0.15) is 0 Å². The van der Waals surface area contributed by atoms with Crippen LogP contribution in [-0.4, -0.2) is 18.6 Å². The number of hydrogen-bond donors (Lipinski definition) is 1. The molecule has 4 nitrogen and oxygen atoms in total. The van der Waals surface area contributed by atoms with Crippen LogP contribution < -0.4 is 10.0 Å². The number of hydrogen-bond acceptors (Lipinski definition) is 5. The summed E-state index contributed by atoms with van der Waals surface area (Å²) in [6.07, 6.45) is 4.47. The second-order valence-corrected chi connectivity index (χ2v) is 5.02. The molecule has 0 radical (unpaired) electrons. The zero-order valence-corrected chi connectivity index (χ0v) is 11.6. The molecule has 1 aromatic heterocycles. The van der Waals surface area contributed by atoms with Crippen molar-refractivity contribution in [2.24, 2.45) is 0 Å². The fraction of sp³-hybridized carbons (Fsp3) is 0.214. The molecule has 0 aliphatic heterocycles. The number of nitrogen functional groups attached to an aromatic ring is 1. The Hall–Kier alpha value is -1.72. The van der Waals surface area contributed by atoms with Crippen LogP contribution in [0.3, 0.4) is 0 Å². The van der Waals surface area contributed by atoms with E-state index in [4.69, 9.17) is 9.92 Å². The van der Waals surface area contributed by atoms with E-state index in [2.05, 4.69) is 4.98 Å². The highest BCUT2D eigenvalue weighted by molar-refractivity contribution is 7.96. The highest BCUT2D eigenvalue weighted by Gasteiger charge is 2.02. The molecule has 1 heterocycles. The number of rotatable bonds is 6. The summed E-state index contributed by atoms with van der Waals surface area (Å²) in [5, 5.41) is 0. The fourth-order valence-corrected chi connectivity index (χ4v) is 2.08. The maximum atomic E-state index is 5.65. The minimum atomic E-state index is 0.661. The van der Waals surface area contributed by atoms with Gasteiger partial charge in [-0.3, -0.25) is 13.5 Å². The van der Waals surface area contributed by atoms with Crippen molar-refractivity contribution in [3.8, 4) is 0 Å². The van der Waals surface area contributed by atoms with Crippen LogP contribution in [0.15, 0.2) is 48.8 Å². The van der Waals surface area contributed by atoms with Crippen molar-refractivity contribution in [3.05, 3.63) is 54.4 Å². The Morgan fingerprint density at radius 1 is 1.16 bits per heavy atom. The van der Waals surface area contributed by atoms with Crippen LogP contribution >= 0.6 is 12.2 Å². The fourth-order valence-electron chi connectivity index (χ4n) is 1.55. The normalized spacial score (nSPS) is 10.4. The lowest BCUT2D eigenvalue weighted by atomic mass is 10.2. The van der Waals surface area contributed by atoms with Crippen molar-refractivity contribution in [1.82, 2.24) is 4.98 Å². The van der Waals surface area contributed by atoms with Gasteiger partial charge in [0, 0.05) is 30.8 Å². The Morgan fingerprint density at radius 3 is 2.53 bits per heavy atom. The van der Waals surface area contributed by atoms with Crippen LogP contribution in [0.4, 0.5) is 11.4 Å². The summed E-state index contributed by atoms with van der Waals surface area (Å²) in [5.41, 5.74) is 8.70. The minimum absolute atomic E-state index is 0.661. The van der Waals surface area contributed by atoms with E-state index in [1.807, 2.05) is 47.8 Å². The smallest absolute Gasteiger partial charge is 0.114 e. The van der Waals surface area contributed by atoms with Crippen LogP contribution in [0.2, 0.25) is 0 Å². The predicted octanol–water partition coefficient (Wildman–Crippen LogP) is 2.92. The molecule has 0 aliphatic rings. The molecule has 0 aliphatic carbocycles. The van der Waals surface area contributed by atoms with E-state index in [0.717, 1.165) is 17.8 Å². The summed E-state index contributed by atoms with van der Waals surface area (Å²) in [7, 11) is 1.96. The number of benzene rings is 1. The maximum absolute atomic E-state index is 5.65. The summed E-state index contributed by atoms with van der Waals surface area (Å²) >= 11 is 1.33. The van der Waals surface area contributed by atoms with Crippen LogP contribution in [0, 0.1) is 0 Å². The van der Waals surface area contributed by atoms with Gasteiger partial charge >= 0.3 is 0 Å². The second kappa shape index (κ2) is 7.01. The lowest BCUT2D eigenvalue weighted by Gasteiger charge is -2.16. The van der Waals surface area contributed by atoms with E-state index in [1.54, 1.807) is 12.4 Å². The number of pyridine rings is 1. The van der Waals surface area contributed by atoms with Crippen molar-refractivity contribution < 1.29 is 4.18 Å². The Morgan fingerprint density at radius 2 is 1.84 bits per heavy atom. The van der Waals surface area contributed by atoms with Gasteiger partial charge in [0.1, 0.15) is 12.2 Å². The molecule has 0 saturated carbocycles. The number of nitrogens with two attached hydrogens (primary N) is 1. The van der Waals surface area contributed by atoms with E-state index in [9.17, 15) is 0 Å². The third kappa shape index (κ3) is 4.46. The van der Waals surface area contributed by atoms with Crippen molar-refractivity contribution in [3.63, 3.8) is 0 Å². The zero-order chi connectivity index (χ0) is 13.5. The van der Waals surface area contributed by atoms with Gasteiger partial charge in [-0.25, -0.2) is 0 Å².